The molecule has 36 heavy (non-hydrogen) atoms. The van der Waals surface area contributed by atoms with Crippen molar-refractivity contribution >= 4 is 39.9 Å². The van der Waals surface area contributed by atoms with Crippen molar-refractivity contribution in [1.82, 2.24) is 14.8 Å². The number of carbonyl (C=O) groups is 2. The first-order valence-corrected chi connectivity index (χ1v) is 13.7. The number of hydrogen-bond donors (Lipinski definition) is 2. The molecule has 0 saturated heterocycles. The zero-order valence-corrected chi connectivity index (χ0v) is 22.4. The highest BCUT2D eigenvalue weighted by Gasteiger charge is 2.27. The Hall–Kier alpha value is -3.11. The summed E-state index contributed by atoms with van der Waals surface area (Å²) in [5, 5.41) is 12.6. The number of nitrogens with zero attached hydrogens (tertiary/aromatic N) is 3. The van der Waals surface area contributed by atoms with E-state index in [4.69, 9.17) is 10.5 Å². The molecule has 3 N–H and O–H groups in total. The van der Waals surface area contributed by atoms with Gasteiger partial charge in [0.05, 0.1) is 11.3 Å². The van der Waals surface area contributed by atoms with Gasteiger partial charge in [-0.3, -0.25) is 14.2 Å². The fourth-order valence-corrected chi connectivity index (χ4v) is 6.60. The minimum atomic E-state index is -0.496. The van der Waals surface area contributed by atoms with E-state index in [2.05, 4.69) is 35.1 Å². The molecule has 1 aromatic carbocycles. The number of benzene rings is 1. The summed E-state index contributed by atoms with van der Waals surface area (Å²) < 4.78 is 7.84. The summed E-state index contributed by atoms with van der Waals surface area (Å²) in [5.74, 6) is 1.37. The number of aryl methyl sites for hydroxylation is 2. The van der Waals surface area contributed by atoms with Gasteiger partial charge in [-0.1, -0.05) is 30.8 Å². The van der Waals surface area contributed by atoms with Crippen LogP contribution in [0, 0.1) is 19.8 Å². The van der Waals surface area contributed by atoms with E-state index in [1.54, 1.807) is 6.08 Å². The SMILES string of the molecule is C=CCn1c(COc2cc(C)cc(C)c2)nnc1SCC(=O)Nc1sc2c(c1C(N)=O)CCC(C)C2. The highest BCUT2D eigenvalue weighted by molar-refractivity contribution is 7.99. The summed E-state index contributed by atoms with van der Waals surface area (Å²) in [6.07, 6.45) is 4.49. The van der Waals surface area contributed by atoms with Crippen LogP contribution in [0.3, 0.4) is 0 Å². The Labute approximate surface area is 219 Å². The number of anilines is 1. The predicted molar refractivity (Wildman–Crippen MR) is 144 cm³/mol. The first-order valence-electron chi connectivity index (χ1n) is 11.9. The van der Waals surface area contributed by atoms with Crippen LogP contribution in [0.4, 0.5) is 5.00 Å². The quantitative estimate of drug-likeness (QED) is 0.294. The second-order valence-electron chi connectivity index (χ2n) is 9.17. The van der Waals surface area contributed by atoms with E-state index in [0.717, 1.165) is 46.6 Å². The molecule has 1 aliphatic rings. The number of thiophene rings is 1. The number of nitrogens with one attached hydrogen (secondary N) is 1. The van der Waals surface area contributed by atoms with Crippen molar-refractivity contribution in [2.75, 3.05) is 11.1 Å². The number of hydrogen-bond acceptors (Lipinski definition) is 7. The number of primary amides is 1. The molecule has 1 atom stereocenters. The summed E-state index contributed by atoms with van der Waals surface area (Å²) in [5.41, 5.74) is 9.37. The third kappa shape index (κ3) is 5.99. The molecule has 1 unspecified atom stereocenters. The number of aromatic nitrogens is 3. The lowest BCUT2D eigenvalue weighted by atomic mass is 9.88. The molecule has 2 amide bonds. The lowest BCUT2D eigenvalue weighted by Crippen LogP contribution is -2.20. The summed E-state index contributed by atoms with van der Waals surface area (Å²) >= 11 is 2.73. The van der Waals surface area contributed by atoms with Gasteiger partial charge < -0.3 is 15.8 Å². The van der Waals surface area contributed by atoms with Gasteiger partial charge in [-0.15, -0.1) is 28.1 Å². The van der Waals surface area contributed by atoms with Gasteiger partial charge in [0.1, 0.15) is 17.4 Å². The van der Waals surface area contributed by atoms with Gasteiger partial charge >= 0.3 is 0 Å². The number of thioether (sulfide) groups is 1. The van der Waals surface area contributed by atoms with Crippen molar-refractivity contribution in [1.29, 1.82) is 0 Å². The predicted octanol–water partition coefficient (Wildman–Crippen LogP) is 4.68. The van der Waals surface area contributed by atoms with Gasteiger partial charge in [0.25, 0.3) is 5.91 Å². The Morgan fingerprint density at radius 1 is 1.31 bits per heavy atom. The van der Waals surface area contributed by atoms with Crippen molar-refractivity contribution in [2.24, 2.45) is 11.7 Å². The average molecular weight is 526 g/mol. The van der Waals surface area contributed by atoms with Crippen LogP contribution >= 0.6 is 23.1 Å². The molecule has 0 saturated carbocycles. The molecule has 3 aromatic rings. The van der Waals surface area contributed by atoms with Crippen LogP contribution in [0.2, 0.25) is 0 Å². The smallest absolute Gasteiger partial charge is 0.251 e. The van der Waals surface area contributed by atoms with Gasteiger partial charge in [-0.25, -0.2) is 0 Å². The Kier molecular flexibility index (Phi) is 8.15. The number of nitrogens with two attached hydrogens (primary N) is 1. The molecule has 190 valence electrons. The van der Waals surface area contributed by atoms with Gasteiger partial charge in [0.2, 0.25) is 5.91 Å². The maximum atomic E-state index is 12.8. The summed E-state index contributed by atoms with van der Waals surface area (Å²) in [7, 11) is 0. The molecule has 0 bridgehead atoms. The number of rotatable bonds is 10. The zero-order valence-electron chi connectivity index (χ0n) is 20.8. The van der Waals surface area contributed by atoms with Gasteiger partial charge in [-0.05, 0) is 67.9 Å². The minimum absolute atomic E-state index is 0.115. The van der Waals surface area contributed by atoms with E-state index < -0.39 is 5.91 Å². The van der Waals surface area contributed by atoms with E-state index in [0.29, 0.717) is 34.0 Å². The Balaban J connectivity index is 1.42. The van der Waals surface area contributed by atoms with E-state index >= 15 is 0 Å². The largest absolute Gasteiger partial charge is 0.486 e. The number of carbonyl (C=O) groups excluding carboxylic acids is 2. The highest BCUT2D eigenvalue weighted by atomic mass is 32.2. The first-order chi connectivity index (χ1) is 17.2. The van der Waals surface area contributed by atoms with Crippen LogP contribution in [0.25, 0.3) is 0 Å². The fourth-order valence-electron chi connectivity index (χ4n) is 4.40. The monoisotopic (exact) mass is 525 g/mol. The summed E-state index contributed by atoms with van der Waals surface area (Å²) in [6, 6.07) is 6.04. The van der Waals surface area contributed by atoms with Crippen molar-refractivity contribution in [3.63, 3.8) is 0 Å². The van der Waals surface area contributed by atoms with Crippen molar-refractivity contribution in [3.05, 3.63) is 63.8 Å². The Morgan fingerprint density at radius 3 is 2.75 bits per heavy atom. The maximum Gasteiger partial charge on any atom is 0.251 e. The van der Waals surface area contributed by atoms with Crippen LogP contribution in [0.1, 0.15) is 51.1 Å². The summed E-state index contributed by atoms with van der Waals surface area (Å²) in [4.78, 5) is 26.1. The number of allylic oxidation sites excluding steroid dienone is 1. The van der Waals surface area contributed by atoms with E-state index in [9.17, 15) is 9.59 Å². The molecular weight excluding hydrogens is 494 g/mol. The molecule has 2 heterocycles. The standard InChI is InChI=1S/C26H31N5O3S2/c1-5-8-31-21(13-34-18-10-16(3)9-17(4)11-18)29-30-26(31)35-14-22(32)28-25-23(24(27)33)19-7-6-15(2)12-20(19)36-25/h5,9-11,15H,1,6-8,12-14H2,2-4H3,(H2,27,33)(H,28,32). The molecule has 0 spiro atoms. The minimum Gasteiger partial charge on any atom is -0.486 e. The molecule has 0 aliphatic heterocycles. The maximum absolute atomic E-state index is 12.8. The van der Waals surface area contributed by atoms with E-state index in [-0.39, 0.29) is 18.3 Å². The third-order valence-corrected chi connectivity index (χ3v) is 8.15. The third-order valence-electron chi connectivity index (χ3n) is 6.01. The van der Waals surface area contributed by atoms with Crippen LogP contribution in [0.15, 0.2) is 36.0 Å². The number of fused-ring (bicyclic) bond motifs is 1. The summed E-state index contributed by atoms with van der Waals surface area (Å²) in [6.45, 7) is 10.8. The lowest BCUT2D eigenvalue weighted by molar-refractivity contribution is -0.113. The van der Waals surface area contributed by atoms with Crippen LogP contribution < -0.4 is 15.8 Å². The normalized spacial score (nSPS) is 14.8. The van der Waals surface area contributed by atoms with Crippen molar-refractivity contribution in [3.8, 4) is 5.75 Å². The zero-order chi connectivity index (χ0) is 25.8. The van der Waals surface area contributed by atoms with Gasteiger partial charge in [0.15, 0.2) is 11.0 Å². The van der Waals surface area contributed by atoms with E-state index in [1.807, 2.05) is 30.5 Å². The first kappa shape index (κ1) is 26.0. The van der Waals surface area contributed by atoms with Gasteiger partial charge in [0, 0.05) is 11.4 Å². The fraction of sp³-hybridized carbons (Fsp3) is 0.385. The second kappa shape index (κ2) is 11.3. The Bertz CT molecular complexity index is 1280. The average Bonchev–Trinajstić information content (AvgIpc) is 3.36. The Morgan fingerprint density at radius 2 is 2.06 bits per heavy atom. The molecule has 0 radical (unpaired) electrons. The molecule has 4 rings (SSSR count). The molecule has 1 aliphatic carbocycles. The molecule has 10 heteroatoms. The lowest BCUT2D eigenvalue weighted by Gasteiger charge is -2.18. The van der Waals surface area contributed by atoms with Gasteiger partial charge in [-0.2, -0.15) is 0 Å². The van der Waals surface area contributed by atoms with Crippen LogP contribution in [-0.2, 0) is 30.8 Å². The molecule has 8 nitrogen and oxygen atoms in total. The molecule has 2 aromatic heterocycles. The van der Waals surface area contributed by atoms with Crippen LogP contribution in [0.5, 0.6) is 5.75 Å². The number of amides is 2. The van der Waals surface area contributed by atoms with E-state index in [1.165, 1.54) is 23.1 Å². The highest BCUT2D eigenvalue weighted by Crippen LogP contribution is 2.39. The molecular formula is C26H31N5O3S2. The van der Waals surface area contributed by atoms with Crippen LogP contribution in [-0.4, -0.2) is 32.3 Å². The molecule has 0 fully saturated rings. The van der Waals surface area contributed by atoms with Crippen molar-refractivity contribution < 1.29 is 14.3 Å². The van der Waals surface area contributed by atoms with Crippen molar-refractivity contribution in [2.45, 2.75) is 58.3 Å². The second-order valence-corrected chi connectivity index (χ2v) is 11.2. The topological polar surface area (TPSA) is 112 Å². The number of ether oxygens (including phenoxy) is 1.